The zero-order valence-electron chi connectivity index (χ0n) is 20.4. The van der Waals surface area contributed by atoms with Gasteiger partial charge >= 0.3 is 18.9 Å². The average Bonchev–Trinajstić information content (AvgIpc) is 2.51. The number of ketones is 1. The molecule has 1 nitrogen and oxygen atoms in total. The van der Waals surface area contributed by atoms with Crippen LogP contribution in [0, 0.1) is 0 Å². The zero-order valence-corrected chi connectivity index (χ0v) is 20.6. The molecule has 0 N–H and O–H groups in total. The van der Waals surface area contributed by atoms with Gasteiger partial charge in [0.1, 0.15) is 0 Å². The standard InChI is InChI=1S/C25H35OP.Li.H/c1-23(2,3)16-14-18(24(4,5)6)21(19(15-16)25(7,8)9)22(26)17-12-10-11-13-20(17)27;;/h10-15H,27H2,1-9H3;;/q;+1;-1. The van der Waals surface area contributed by atoms with E-state index in [0.29, 0.717) is 0 Å². The summed E-state index contributed by atoms with van der Waals surface area (Å²) in [5, 5.41) is 0.946. The van der Waals surface area contributed by atoms with Crippen LogP contribution >= 0.6 is 9.24 Å². The fourth-order valence-corrected chi connectivity index (χ4v) is 3.68. The van der Waals surface area contributed by atoms with Gasteiger partial charge in [-0.05, 0) is 38.2 Å². The molecule has 0 saturated carbocycles. The van der Waals surface area contributed by atoms with Crippen molar-refractivity contribution in [2.24, 2.45) is 0 Å². The van der Waals surface area contributed by atoms with E-state index in [-0.39, 0.29) is 42.3 Å². The molecule has 3 heteroatoms. The van der Waals surface area contributed by atoms with Crippen LogP contribution < -0.4 is 24.2 Å². The predicted molar refractivity (Wildman–Crippen MR) is 123 cm³/mol. The first-order valence-corrected chi connectivity index (χ1v) is 10.3. The van der Waals surface area contributed by atoms with Crippen LogP contribution in [0.1, 0.15) is 96.4 Å². The van der Waals surface area contributed by atoms with Crippen LogP contribution in [-0.2, 0) is 16.2 Å². The molecule has 0 aliphatic carbocycles. The van der Waals surface area contributed by atoms with Gasteiger partial charge in [-0.15, -0.1) is 9.24 Å². The zero-order chi connectivity index (χ0) is 20.8. The molecule has 0 saturated heterocycles. The molecular weight excluding hydrogens is 354 g/mol. The molecule has 0 radical (unpaired) electrons. The minimum atomic E-state index is -0.123. The summed E-state index contributed by atoms with van der Waals surface area (Å²) in [6, 6.07) is 12.3. The van der Waals surface area contributed by atoms with Crippen molar-refractivity contribution in [2.75, 3.05) is 0 Å². The largest absolute Gasteiger partial charge is 1.00 e. The molecule has 0 spiro atoms. The molecule has 0 amide bonds. The van der Waals surface area contributed by atoms with Crippen LogP contribution in [0.4, 0.5) is 0 Å². The van der Waals surface area contributed by atoms with Crippen LogP contribution in [0.5, 0.6) is 0 Å². The van der Waals surface area contributed by atoms with E-state index in [1.165, 1.54) is 5.56 Å². The van der Waals surface area contributed by atoms with Crippen molar-refractivity contribution in [3.05, 3.63) is 64.2 Å². The van der Waals surface area contributed by atoms with Gasteiger partial charge in [-0.2, -0.15) is 0 Å². The number of hydrogen-bond donors (Lipinski definition) is 0. The van der Waals surface area contributed by atoms with Crippen molar-refractivity contribution in [2.45, 2.75) is 78.6 Å². The van der Waals surface area contributed by atoms with Crippen molar-refractivity contribution < 1.29 is 25.1 Å². The van der Waals surface area contributed by atoms with Gasteiger partial charge in [0.15, 0.2) is 5.78 Å². The summed E-state index contributed by atoms with van der Waals surface area (Å²) in [6.07, 6.45) is 0. The first kappa shape index (κ1) is 25.2. The summed E-state index contributed by atoms with van der Waals surface area (Å²) in [5.41, 5.74) is 4.98. The van der Waals surface area contributed by atoms with E-state index < -0.39 is 0 Å². The van der Waals surface area contributed by atoms with Gasteiger partial charge in [0.25, 0.3) is 0 Å². The molecule has 1 atom stereocenters. The summed E-state index contributed by atoms with van der Waals surface area (Å²) in [6.45, 7) is 19.9. The first-order valence-electron chi connectivity index (χ1n) is 9.72. The topological polar surface area (TPSA) is 17.1 Å². The molecule has 148 valence electrons. The third kappa shape index (κ3) is 5.39. The maximum atomic E-state index is 13.7. The molecule has 2 aromatic rings. The van der Waals surface area contributed by atoms with Gasteiger partial charge in [-0.25, -0.2) is 0 Å². The number of carbonyl (C=O) groups excluding carboxylic acids is 1. The van der Waals surface area contributed by atoms with Gasteiger partial charge in [-0.3, -0.25) is 4.79 Å². The molecule has 28 heavy (non-hydrogen) atoms. The van der Waals surface area contributed by atoms with Gasteiger partial charge in [-0.1, -0.05) is 98.7 Å². The van der Waals surface area contributed by atoms with Crippen molar-refractivity contribution in [3.8, 4) is 0 Å². The predicted octanol–water partition coefficient (Wildman–Crippen LogP) is 3.43. The summed E-state index contributed by atoms with van der Waals surface area (Å²) >= 11 is 0. The van der Waals surface area contributed by atoms with E-state index in [0.717, 1.165) is 27.6 Å². The molecule has 0 aliphatic heterocycles. The number of rotatable bonds is 2. The number of carbonyl (C=O) groups is 1. The van der Waals surface area contributed by atoms with E-state index in [1.54, 1.807) is 0 Å². The van der Waals surface area contributed by atoms with Crippen LogP contribution in [0.25, 0.3) is 0 Å². The first-order chi connectivity index (χ1) is 12.1. The third-order valence-corrected chi connectivity index (χ3v) is 5.56. The quantitative estimate of drug-likeness (QED) is 0.436. The van der Waals surface area contributed by atoms with Crippen molar-refractivity contribution in [1.29, 1.82) is 0 Å². The summed E-state index contributed by atoms with van der Waals surface area (Å²) in [5.74, 6) is 0.121. The minimum absolute atomic E-state index is 0. The normalized spacial score (nSPS) is 12.5. The van der Waals surface area contributed by atoms with Crippen LogP contribution in [-0.4, -0.2) is 5.78 Å². The maximum Gasteiger partial charge on any atom is 1.00 e. The Balaban J connectivity index is 0.00000392. The molecule has 2 aromatic carbocycles. The molecule has 1 unspecified atom stereocenters. The van der Waals surface area contributed by atoms with Crippen LogP contribution in [0.2, 0.25) is 0 Å². The van der Waals surface area contributed by atoms with Gasteiger partial charge in [0, 0.05) is 11.1 Å². The smallest absolute Gasteiger partial charge is 1.00 e. The molecule has 0 bridgehead atoms. The number of hydrogen-bond acceptors (Lipinski definition) is 1. The molecule has 0 heterocycles. The Bertz CT molecular complexity index is 833. The SMILES string of the molecule is CC(C)(C)c1cc(C(C)(C)C)c(C(=O)c2ccccc2P)c(C(C)(C)C)c1.[H-].[Li+]. The second-order valence-electron chi connectivity index (χ2n) is 10.6. The summed E-state index contributed by atoms with van der Waals surface area (Å²) in [7, 11) is 2.71. The summed E-state index contributed by atoms with van der Waals surface area (Å²) in [4.78, 5) is 13.7. The second kappa shape index (κ2) is 8.48. The Kier molecular flexibility index (Phi) is 7.62. The fraction of sp³-hybridized carbons (Fsp3) is 0.480. The summed E-state index contributed by atoms with van der Waals surface area (Å²) < 4.78 is 0. The second-order valence-corrected chi connectivity index (χ2v) is 11.2. The molecule has 0 aromatic heterocycles. The molecular formula is C25H36LiOP. The van der Waals surface area contributed by atoms with E-state index in [2.05, 4.69) is 83.7 Å². The third-order valence-electron chi connectivity index (χ3n) is 5.05. The number of benzene rings is 2. The maximum absolute atomic E-state index is 13.7. The van der Waals surface area contributed by atoms with Crippen molar-refractivity contribution in [1.82, 2.24) is 0 Å². The molecule has 0 fully saturated rings. The molecule has 2 rings (SSSR count). The Morgan fingerprint density at radius 3 is 1.57 bits per heavy atom. The van der Waals surface area contributed by atoms with Gasteiger partial charge in [0.2, 0.25) is 0 Å². The van der Waals surface area contributed by atoms with E-state index >= 15 is 0 Å². The average molecular weight is 390 g/mol. The Labute approximate surface area is 188 Å². The van der Waals surface area contributed by atoms with E-state index in [9.17, 15) is 4.79 Å². The van der Waals surface area contributed by atoms with E-state index in [1.807, 2.05) is 24.3 Å². The fourth-order valence-electron chi connectivity index (χ4n) is 3.34. The van der Waals surface area contributed by atoms with Crippen molar-refractivity contribution in [3.63, 3.8) is 0 Å². The Hall–Kier alpha value is -0.863. The van der Waals surface area contributed by atoms with E-state index in [4.69, 9.17) is 0 Å². The van der Waals surface area contributed by atoms with Gasteiger partial charge in [0.05, 0.1) is 0 Å². The Morgan fingerprint density at radius 1 is 0.786 bits per heavy atom. The van der Waals surface area contributed by atoms with Crippen molar-refractivity contribution >= 4 is 20.3 Å². The monoisotopic (exact) mass is 390 g/mol. The van der Waals surface area contributed by atoms with Crippen LogP contribution in [0.3, 0.4) is 0 Å². The van der Waals surface area contributed by atoms with Gasteiger partial charge < -0.3 is 1.43 Å². The molecule has 0 aliphatic rings. The van der Waals surface area contributed by atoms with Crippen LogP contribution in [0.15, 0.2) is 36.4 Å². The minimum Gasteiger partial charge on any atom is -1.00 e. The Morgan fingerprint density at radius 2 is 1.21 bits per heavy atom.